The van der Waals surface area contributed by atoms with Crippen LogP contribution in [0, 0.1) is 5.92 Å². The third kappa shape index (κ3) is 5.35. The molecule has 3 heterocycles. The summed E-state index contributed by atoms with van der Waals surface area (Å²) in [6.07, 6.45) is 2.47. The summed E-state index contributed by atoms with van der Waals surface area (Å²) in [5.74, 6) is -0.634. The maximum atomic E-state index is 12.7. The molecule has 1 aromatic rings. The largest absolute Gasteiger partial charge is 0.459 e. The van der Waals surface area contributed by atoms with Gasteiger partial charge < -0.3 is 30.6 Å². The summed E-state index contributed by atoms with van der Waals surface area (Å²) in [6, 6.07) is 0.593. The van der Waals surface area contributed by atoms with Crippen LogP contribution in [0.25, 0.3) is 0 Å². The zero-order valence-electron chi connectivity index (χ0n) is 17.3. The molecule has 30 heavy (non-hydrogen) atoms. The average Bonchev–Trinajstić information content (AvgIpc) is 3.41. The fourth-order valence-corrected chi connectivity index (χ4v) is 3.50. The van der Waals surface area contributed by atoms with E-state index in [-0.39, 0.29) is 36.9 Å². The number of nitrogens with zero attached hydrogens (tertiary/aromatic N) is 2. The standard InChI is InChI=1S/C19H29N5O6/c1-3-11(2)16(23-17(25)12-5-4-7-21-12)18(26)29-10-15-28-9-14(30-15)24-8-6-13(20)22-19(24)27/h6,8,11-12,14-16,21H,3-5,7,9-10H2,1-2H3,(H,23,25)(H2,20,22,27)/p+1/t11?,12?,14-,15-,16?/m1/s1. The molecule has 0 bridgehead atoms. The van der Waals surface area contributed by atoms with Gasteiger partial charge in [-0.2, -0.15) is 4.98 Å². The van der Waals surface area contributed by atoms with Crippen molar-refractivity contribution in [2.75, 3.05) is 25.5 Å². The molecule has 2 saturated heterocycles. The Labute approximate surface area is 174 Å². The molecule has 0 aromatic carbocycles. The first kappa shape index (κ1) is 22.2. The Kier molecular flexibility index (Phi) is 7.40. The maximum Gasteiger partial charge on any atom is 0.351 e. The van der Waals surface area contributed by atoms with Crippen molar-refractivity contribution < 1.29 is 29.1 Å². The van der Waals surface area contributed by atoms with E-state index < -0.39 is 30.2 Å². The molecule has 1 aromatic heterocycles. The lowest BCUT2D eigenvalue weighted by molar-refractivity contribution is -0.657. The third-order valence-electron chi connectivity index (χ3n) is 5.53. The molecule has 11 nitrogen and oxygen atoms in total. The lowest BCUT2D eigenvalue weighted by Crippen LogP contribution is -2.89. The first-order valence-electron chi connectivity index (χ1n) is 10.3. The van der Waals surface area contributed by atoms with Gasteiger partial charge in [-0.1, -0.05) is 20.3 Å². The quantitative estimate of drug-likeness (QED) is 0.426. The van der Waals surface area contributed by atoms with Gasteiger partial charge in [0.1, 0.15) is 18.5 Å². The predicted octanol–water partition coefficient (Wildman–Crippen LogP) is -1.50. The van der Waals surface area contributed by atoms with Gasteiger partial charge in [-0.3, -0.25) is 9.36 Å². The summed E-state index contributed by atoms with van der Waals surface area (Å²) in [4.78, 5) is 40.7. The smallest absolute Gasteiger partial charge is 0.351 e. The van der Waals surface area contributed by atoms with E-state index in [0.29, 0.717) is 6.42 Å². The van der Waals surface area contributed by atoms with Crippen molar-refractivity contribution in [3.05, 3.63) is 22.7 Å². The number of nitrogens with two attached hydrogens (primary N) is 2. The first-order valence-corrected chi connectivity index (χ1v) is 10.3. The van der Waals surface area contributed by atoms with Gasteiger partial charge in [0.2, 0.25) is 0 Å². The first-order chi connectivity index (χ1) is 14.4. The SMILES string of the molecule is CCC(C)C(NC(=O)C1CCC[NH2+]1)C(=O)OC[C@@H]1OC[C@H](n2ccc(N)nc2=O)O1. The molecular formula is C19H30N5O6+. The Balaban J connectivity index is 1.53. The van der Waals surface area contributed by atoms with E-state index in [1.54, 1.807) is 0 Å². The second-order valence-corrected chi connectivity index (χ2v) is 7.67. The summed E-state index contributed by atoms with van der Waals surface area (Å²) in [6.45, 7) is 4.72. The molecule has 2 aliphatic heterocycles. The number of carbonyl (C=O) groups excluding carboxylic acids is 2. The van der Waals surface area contributed by atoms with Gasteiger partial charge >= 0.3 is 11.7 Å². The van der Waals surface area contributed by atoms with E-state index in [1.807, 2.05) is 19.2 Å². The van der Waals surface area contributed by atoms with Crippen molar-refractivity contribution in [1.82, 2.24) is 14.9 Å². The zero-order valence-corrected chi connectivity index (χ0v) is 17.3. The molecular weight excluding hydrogens is 394 g/mol. The fraction of sp³-hybridized carbons (Fsp3) is 0.684. The van der Waals surface area contributed by atoms with Crippen LogP contribution in [0.4, 0.5) is 5.82 Å². The van der Waals surface area contributed by atoms with Gasteiger partial charge in [0.15, 0.2) is 18.6 Å². The Bertz CT molecular complexity index is 809. The molecule has 5 atom stereocenters. The van der Waals surface area contributed by atoms with E-state index in [4.69, 9.17) is 19.9 Å². The second-order valence-electron chi connectivity index (χ2n) is 7.67. The monoisotopic (exact) mass is 424 g/mol. The number of ether oxygens (including phenoxy) is 3. The molecule has 166 valence electrons. The van der Waals surface area contributed by atoms with Crippen molar-refractivity contribution in [3.8, 4) is 0 Å². The van der Waals surface area contributed by atoms with E-state index >= 15 is 0 Å². The number of nitrogen functional groups attached to an aromatic ring is 1. The molecule has 5 N–H and O–H groups in total. The van der Waals surface area contributed by atoms with Gasteiger partial charge in [-0.25, -0.2) is 9.59 Å². The molecule has 3 unspecified atom stereocenters. The van der Waals surface area contributed by atoms with Crippen LogP contribution < -0.4 is 22.1 Å². The van der Waals surface area contributed by atoms with Crippen LogP contribution in [0.15, 0.2) is 17.1 Å². The van der Waals surface area contributed by atoms with Crippen LogP contribution >= 0.6 is 0 Å². The number of carbonyl (C=O) groups is 2. The number of anilines is 1. The minimum Gasteiger partial charge on any atom is -0.459 e. The summed E-state index contributed by atoms with van der Waals surface area (Å²) in [7, 11) is 0. The van der Waals surface area contributed by atoms with Crippen LogP contribution in [0.1, 0.15) is 39.3 Å². The van der Waals surface area contributed by atoms with Crippen LogP contribution in [-0.2, 0) is 23.8 Å². The Morgan fingerprint density at radius 2 is 2.30 bits per heavy atom. The number of rotatable bonds is 8. The van der Waals surface area contributed by atoms with Crippen molar-refractivity contribution in [3.63, 3.8) is 0 Å². The van der Waals surface area contributed by atoms with Crippen LogP contribution in [0.3, 0.4) is 0 Å². The van der Waals surface area contributed by atoms with E-state index in [1.165, 1.54) is 16.8 Å². The van der Waals surface area contributed by atoms with Crippen molar-refractivity contribution in [2.24, 2.45) is 5.92 Å². The van der Waals surface area contributed by atoms with Gasteiger partial charge in [-0.15, -0.1) is 0 Å². The van der Waals surface area contributed by atoms with E-state index in [9.17, 15) is 14.4 Å². The van der Waals surface area contributed by atoms with Crippen molar-refractivity contribution in [1.29, 1.82) is 0 Å². The molecule has 0 saturated carbocycles. The highest BCUT2D eigenvalue weighted by molar-refractivity contribution is 5.87. The van der Waals surface area contributed by atoms with Gasteiger partial charge in [-0.05, 0) is 12.0 Å². The Hall–Kier alpha value is -2.50. The Morgan fingerprint density at radius 3 is 2.97 bits per heavy atom. The van der Waals surface area contributed by atoms with E-state index in [2.05, 4.69) is 10.3 Å². The minimum absolute atomic E-state index is 0.0829. The van der Waals surface area contributed by atoms with E-state index in [0.717, 1.165) is 19.4 Å². The number of quaternary nitrogens is 1. The predicted molar refractivity (Wildman–Crippen MR) is 105 cm³/mol. The van der Waals surface area contributed by atoms with Gasteiger partial charge in [0.25, 0.3) is 5.91 Å². The van der Waals surface area contributed by atoms with Crippen molar-refractivity contribution >= 4 is 17.7 Å². The number of aromatic nitrogens is 2. The topological polar surface area (TPSA) is 151 Å². The highest BCUT2D eigenvalue weighted by Gasteiger charge is 2.35. The molecule has 0 spiro atoms. The van der Waals surface area contributed by atoms with Gasteiger partial charge in [0, 0.05) is 19.0 Å². The second kappa shape index (κ2) is 10.0. The van der Waals surface area contributed by atoms with Crippen LogP contribution in [0.2, 0.25) is 0 Å². The number of nitrogens with one attached hydrogen (secondary N) is 1. The normalized spacial score (nSPS) is 25.6. The number of hydrogen-bond acceptors (Lipinski definition) is 8. The van der Waals surface area contributed by atoms with Crippen LogP contribution in [0.5, 0.6) is 0 Å². The average molecular weight is 424 g/mol. The van der Waals surface area contributed by atoms with Crippen LogP contribution in [-0.4, -0.2) is 59.6 Å². The molecule has 3 rings (SSSR count). The minimum atomic E-state index is -0.820. The van der Waals surface area contributed by atoms with Gasteiger partial charge in [0.05, 0.1) is 13.2 Å². The summed E-state index contributed by atoms with van der Waals surface area (Å²) < 4.78 is 17.7. The summed E-state index contributed by atoms with van der Waals surface area (Å²) >= 11 is 0. The molecule has 2 aliphatic rings. The molecule has 2 fully saturated rings. The number of amides is 1. The maximum absolute atomic E-state index is 12.7. The molecule has 11 heteroatoms. The fourth-order valence-electron chi connectivity index (χ4n) is 3.50. The Morgan fingerprint density at radius 1 is 1.50 bits per heavy atom. The third-order valence-corrected chi connectivity index (χ3v) is 5.53. The zero-order chi connectivity index (χ0) is 21.7. The molecule has 1 amide bonds. The lowest BCUT2D eigenvalue weighted by Gasteiger charge is -2.24. The number of esters is 1. The number of hydrogen-bond donors (Lipinski definition) is 3. The summed E-state index contributed by atoms with van der Waals surface area (Å²) in [5.41, 5.74) is 4.94. The molecule has 0 radical (unpaired) electrons. The highest BCUT2D eigenvalue weighted by Crippen LogP contribution is 2.20. The lowest BCUT2D eigenvalue weighted by atomic mass is 9.98. The van der Waals surface area contributed by atoms with Crippen molar-refractivity contribution in [2.45, 2.75) is 57.7 Å². The molecule has 0 aliphatic carbocycles. The highest BCUT2D eigenvalue weighted by atomic mass is 16.7. The summed E-state index contributed by atoms with van der Waals surface area (Å²) in [5, 5.41) is 4.83.